The molecule has 0 radical (unpaired) electrons. The molecule has 0 aliphatic carbocycles. The molecule has 0 bridgehead atoms. The van der Waals surface area contributed by atoms with E-state index in [9.17, 15) is 9.59 Å². The van der Waals surface area contributed by atoms with Crippen molar-refractivity contribution in [1.29, 1.82) is 0 Å². The predicted molar refractivity (Wildman–Crippen MR) is 132 cm³/mol. The third-order valence-corrected chi connectivity index (χ3v) is 5.65. The van der Waals surface area contributed by atoms with Gasteiger partial charge in [0.05, 0.1) is 5.56 Å². The molecule has 9 heteroatoms. The number of anilines is 2. The zero-order valence-electron chi connectivity index (χ0n) is 19.1. The number of carbonyl (C=O) groups is 1. The summed E-state index contributed by atoms with van der Waals surface area (Å²) < 4.78 is 5.44. The van der Waals surface area contributed by atoms with Crippen molar-refractivity contribution in [1.82, 2.24) is 15.3 Å². The monoisotopic (exact) mass is 457 g/mol. The predicted octanol–water partition coefficient (Wildman–Crippen LogP) is 3.02. The minimum atomic E-state index is -0.280. The number of hydrogen-bond donors (Lipinski definition) is 4. The molecule has 3 rings (SSSR count). The molecular formula is C23H32N5O3P. The lowest BCUT2D eigenvalue weighted by atomic mass is 10.1. The van der Waals surface area contributed by atoms with E-state index in [2.05, 4.69) is 29.8 Å². The molecule has 1 fully saturated rings. The third kappa shape index (κ3) is 5.96. The topological polar surface area (TPSA) is 108 Å². The van der Waals surface area contributed by atoms with Gasteiger partial charge >= 0.3 is 0 Å². The van der Waals surface area contributed by atoms with Crippen molar-refractivity contribution in [3.05, 3.63) is 50.4 Å². The lowest BCUT2D eigenvalue weighted by Crippen LogP contribution is -2.30. The van der Waals surface area contributed by atoms with Crippen LogP contribution in [-0.2, 0) is 11.3 Å². The molecule has 32 heavy (non-hydrogen) atoms. The van der Waals surface area contributed by atoms with Crippen LogP contribution in [0.3, 0.4) is 0 Å². The Morgan fingerprint density at radius 3 is 2.66 bits per heavy atom. The first-order valence-electron chi connectivity index (χ1n) is 10.9. The molecule has 2 aromatic rings. The SMILES string of the molecule is Cc1cc(C)c(CNC(=O)c2cc(NC3CCOCC3)nc(NC(C)C)c2C=P)c(=O)[nH]1. The first-order valence-corrected chi connectivity index (χ1v) is 11.5. The van der Waals surface area contributed by atoms with Gasteiger partial charge in [-0.1, -0.05) is 0 Å². The number of rotatable bonds is 8. The minimum absolute atomic E-state index is 0.135. The highest BCUT2D eigenvalue weighted by molar-refractivity contribution is 7.19. The number of aromatic amines is 1. The van der Waals surface area contributed by atoms with Crippen LogP contribution in [0.25, 0.3) is 0 Å². The van der Waals surface area contributed by atoms with Gasteiger partial charge in [0, 0.05) is 48.7 Å². The number of ether oxygens (including phenoxy) is 1. The molecule has 172 valence electrons. The third-order valence-electron chi connectivity index (χ3n) is 5.37. The van der Waals surface area contributed by atoms with Crippen LogP contribution in [0, 0.1) is 13.8 Å². The van der Waals surface area contributed by atoms with E-state index in [1.807, 2.05) is 33.8 Å². The molecule has 4 N–H and O–H groups in total. The number of aryl methyl sites for hydroxylation is 2. The van der Waals surface area contributed by atoms with Crippen molar-refractivity contribution in [2.75, 3.05) is 23.8 Å². The van der Waals surface area contributed by atoms with Crippen LogP contribution in [0.15, 0.2) is 16.9 Å². The molecule has 8 nitrogen and oxygen atoms in total. The minimum Gasteiger partial charge on any atom is -0.381 e. The molecule has 0 unspecified atom stereocenters. The fraction of sp³-hybridized carbons (Fsp3) is 0.478. The second-order valence-corrected chi connectivity index (χ2v) is 8.71. The zero-order valence-corrected chi connectivity index (χ0v) is 20.1. The van der Waals surface area contributed by atoms with E-state index in [1.54, 1.807) is 11.9 Å². The smallest absolute Gasteiger partial charge is 0.253 e. The van der Waals surface area contributed by atoms with E-state index >= 15 is 0 Å². The maximum absolute atomic E-state index is 13.2. The first-order chi connectivity index (χ1) is 15.3. The van der Waals surface area contributed by atoms with Crippen LogP contribution < -0.4 is 21.5 Å². The van der Waals surface area contributed by atoms with Crippen LogP contribution in [0.1, 0.15) is 59.4 Å². The first kappa shape index (κ1) is 24.0. The highest BCUT2D eigenvalue weighted by Gasteiger charge is 2.20. The quantitative estimate of drug-likeness (QED) is 0.454. The molecule has 1 saturated heterocycles. The number of pyridine rings is 2. The van der Waals surface area contributed by atoms with Crippen LogP contribution in [0.2, 0.25) is 0 Å². The second kappa shape index (κ2) is 10.7. The molecule has 2 aromatic heterocycles. The Balaban J connectivity index is 1.89. The van der Waals surface area contributed by atoms with E-state index in [0.717, 1.165) is 24.1 Å². The van der Waals surface area contributed by atoms with Crippen molar-refractivity contribution >= 4 is 32.2 Å². The summed E-state index contributed by atoms with van der Waals surface area (Å²) in [5.74, 6) is 2.65. The summed E-state index contributed by atoms with van der Waals surface area (Å²) in [7, 11) is 3.45. The summed E-state index contributed by atoms with van der Waals surface area (Å²) in [6.07, 6.45) is 1.77. The molecule has 1 amide bonds. The standard InChI is InChI=1S/C23H32N5O3P/c1-13(2)25-21-19(12-32)17(10-20(28-21)27-16-5-7-31-8-6-16)22(29)24-11-18-14(3)9-15(4)26-23(18)30/h9-10,12-13,16,32H,5-8,11H2,1-4H3,(H,24,29)(H,26,30)(H2,25,27,28). The Morgan fingerprint density at radius 1 is 1.31 bits per heavy atom. The van der Waals surface area contributed by atoms with Gasteiger partial charge in [-0.15, -0.1) is 8.86 Å². The molecule has 3 heterocycles. The summed E-state index contributed by atoms with van der Waals surface area (Å²) in [4.78, 5) is 33.0. The zero-order chi connectivity index (χ0) is 23.3. The number of nitrogens with zero attached hydrogens (tertiary/aromatic N) is 1. The fourth-order valence-corrected chi connectivity index (χ4v) is 4.05. The van der Waals surface area contributed by atoms with Gasteiger partial charge in [-0.3, -0.25) is 9.59 Å². The van der Waals surface area contributed by atoms with Crippen LogP contribution in [-0.4, -0.2) is 47.0 Å². The van der Waals surface area contributed by atoms with Gasteiger partial charge in [0.2, 0.25) is 0 Å². The fourth-order valence-electron chi connectivity index (χ4n) is 3.76. The van der Waals surface area contributed by atoms with Gasteiger partial charge < -0.3 is 25.7 Å². The Kier molecular flexibility index (Phi) is 8.04. The largest absolute Gasteiger partial charge is 0.381 e. The molecule has 0 saturated carbocycles. The maximum Gasteiger partial charge on any atom is 0.253 e. The molecular weight excluding hydrogens is 425 g/mol. The normalized spacial score (nSPS) is 14.3. The molecule has 0 atom stereocenters. The Morgan fingerprint density at radius 2 is 2.03 bits per heavy atom. The van der Waals surface area contributed by atoms with E-state index < -0.39 is 0 Å². The van der Waals surface area contributed by atoms with E-state index in [4.69, 9.17) is 9.72 Å². The molecule has 1 aliphatic heterocycles. The Bertz CT molecular complexity index is 1040. The van der Waals surface area contributed by atoms with Gasteiger partial charge in [-0.05, 0) is 64.0 Å². The average molecular weight is 458 g/mol. The number of nitrogens with one attached hydrogen (secondary N) is 4. The number of amides is 1. The second-order valence-electron chi connectivity index (χ2n) is 8.42. The van der Waals surface area contributed by atoms with Crippen LogP contribution in [0.5, 0.6) is 0 Å². The van der Waals surface area contributed by atoms with E-state index in [-0.39, 0.29) is 30.1 Å². The van der Waals surface area contributed by atoms with Gasteiger partial charge in [0.25, 0.3) is 11.5 Å². The van der Waals surface area contributed by atoms with Crippen molar-refractivity contribution in [2.24, 2.45) is 0 Å². The Labute approximate surface area is 190 Å². The van der Waals surface area contributed by atoms with Crippen molar-refractivity contribution < 1.29 is 9.53 Å². The summed E-state index contributed by atoms with van der Waals surface area (Å²) in [6, 6.07) is 4.03. The van der Waals surface area contributed by atoms with Crippen molar-refractivity contribution in [3.63, 3.8) is 0 Å². The van der Waals surface area contributed by atoms with Crippen molar-refractivity contribution in [2.45, 2.75) is 59.2 Å². The number of carbonyl (C=O) groups excluding carboxylic acids is 1. The van der Waals surface area contributed by atoms with E-state index in [1.165, 1.54) is 0 Å². The maximum atomic E-state index is 13.2. The number of H-pyrrole nitrogens is 1. The number of aromatic nitrogens is 2. The van der Waals surface area contributed by atoms with E-state index in [0.29, 0.717) is 41.5 Å². The van der Waals surface area contributed by atoms with Gasteiger partial charge in [0.1, 0.15) is 11.6 Å². The summed E-state index contributed by atoms with van der Waals surface area (Å²) >= 11 is 0. The summed E-state index contributed by atoms with van der Waals surface area (Å²) in [5.41, 5.74) is 3.11. The van der Waals surface area contributed by atoms with Gasteiger partial charge in [-0.25, -0.2) is 4.98 Å². The van der Waals surface area contributed by atoms with Crippen LogP contribution in [0.4, 0.5) is 11.6 Å². The van der Waals surface area contributed by atoms with Crippen LogP contribution >= 0.6 is 8.86 Å². The average Bonchev–Trinajstić information content (AvgIpc) is 2.72. The Hall–Kier alpha value is -2.70. The van der Waals surface area contributed by atoms with Crippen molar-refractivity contribution in [3.8, 4) is 0 Å². The molecule has 0 spiro atoms. The summed E-state index contributed by atoms with van der Waals surface area (Å²) in [6.45, 7) is 9.29. The molecule has 1 aliphatic rings. The highest BCUT2D eigenvalue weighted by Crippen LogP contribution is 2.24. The lowest BCUT2D eigenvalue weighted by Gasteiger charge is -2.25. The number of hydrogen-bond acceptors (Lipinski definition) is 6. The lowest BCUT2D eigenvalue weighted by molar-refractivity contribution is 0.0903. The van der Waals surface area contributed by atoms with Gasteiger partial charge in [0.15, 0.2) is 0 Å². The molecule has 0 aromatic carbocycles. The van der Waals surface area contributed by atoms with Gasteiger partial charge in [-0.2, -0.15) is 0 Å². The highest BCUT2D eigenvalue weighted by atomic mass is 31.0. The summed E-state index contributed by atoms with van der Waals surface area (Å²) in [5, 5.41) is 9.66.